The van der Waals surface area contributed by atoms with Gasteiger partial charge in [0.25, 0.3) is 0 Å². The summed E-state index contributed by atoms with van der Waals surface area (Å²) in [6.45, 7) is 5.90. The van der Waals surface area contributed by atoms with E-state index in [1.54, 1.807) is 0 Å². The molecule has 0 aromatic heterocycles. The van der Waals surface area contributed by atoms with Crippen molar-refractivity contribution in [2.45, 2.75) is 50.0 Å². The van der Waals surface area contributed by atoms with Crippen LogP contribution in [0.15, 0.2) is 0 Å². The Kier molecular flexibility index (Phi) is 2.76. The number of nitrogens with two attached hydrogens (primary N) is 1. The van der Waals surface area contributed by atoms with E-state index in [9.17, 15) is 5.11 Å². The highest BCUT2D eigenvalue weighted by Gasteiger charge is 2.42. The lowest BCUT2D eigenvalue weighted by Gasteiger charge is -2.37. The van der Waals surface area contributed by atoms with Crippen molar-refractivity contribution in [1.29, 1.82) is 0 Å². The molecule has 0 bridgehead atoms. The third-order valence-corrected chi connectivity index (χ3v) is 4.11. The highest BCUT2D eigenvalue weighted by molar-refractivity contribution is 8.00. The standard InChI is InChI=1S/C9H19NOS/c1-8(2,10)7(11)9(3)5-4-6-12-9/h7,11H,4-6,10H2,1-3H3. The minimum atomic E-state index is -0.480. The predicted octanol–water partition coefficient (Wildman–Crippen LogP) is 1.37. The molecule has 1 heterocycles. The van der Waals surface area contributed by atoms with Gasteiger partial charge >= 0.3 is 0 Å². The van der Waals surface area contributed by atoms with Crippen LogP contribution in [0.2, 0.25) is 0 Å². The molecule has 12 heavy (non-hydrogen) atoms. The van der Waals surface area contributed by atoms with Crippen molar-refractivity contribution < 1.29 is 5.11 Å². The maximum atomic E-state index is 10.00. The molecule has 0 spiro atoms. The summed E-state index contributed by atoms with van der Waals surface area (Å²) in [5.41, 5.74) is 5.40. The van der Waals surface area contributed by atoms with Crippen LogP contribution in [0.3, 0.4) is 0 Å². The number of hydrogen-bond donors (Lipinski definition) is 2. The molecule has 2 atom stereocenters. The summed E-state index contributed by atoms with van der Waals surface area (Å²) in [6, 6.07) is 0. The van der Waals surface area contributed by atoms with Crippen LogP contribution in [0, 0.1) is 0 Å². The molecule has 2 unspecified atom stereocenters. The Morgan fingerprint density at radius 1 is 1.58 bits per heavy atom. The molecule has 1 aliphatic heterocycles. The van der Waals surface area contributed by atoms with Gasteiger partial charge in [-0.1, -0.05) is 0 Å². The maximum Gasteiger partial charge on any atom is 0.0857 e. The van der Waals surface area contributed by atoms with E-state index in [1.165, 1.54) is 6.42 Å². The largest absolute Gasteiger partial charge is 0.390 e. The van der Waals surface area contributed by atoms with Gasteiger partial charge in [0.15, 0.2) is 0 Å². The van der Waals surface area contributed by atoms with Gasteiger partial charge in [0.2, 0.25) is 0 Å². The first-order chi connectivity index (χ1) is 5.36. The molecule has 1 rings (SSSR count). The van der Waals surface area contributed by atoms with Crippen LogP contribution in [0.1, 0.15) is 33.6 Å². The van der Waals surface area contributed by atoms with Crippen LogP contribution in [-0.4, -0.2) is 27.2 Å². The van der Waals surface area contributed by atoms with Crippen LogP contribution in [0.25, 0.3) is 0 Å². The third-order valence-electron chi connectivity index (χ3n) is 2.53. The predicted molar refractivity (Wildman–Crippen MR) is 54.4 cm³/mol. The van der Waals surface area contributed by atoms with Crippen LogP contribution >= 0.6 is 11.8 Å². The van der Waals surface area contributed by atoms with Crippen molar-refractivity contribution in [1.82, 2.24) is 0 Å². The second kappa shape index (κ2) is 3.20. The van der Waals surface area contributed by atoms with E-state index in [1.807, 2.05) is 25.6 Å². The highest BCUT2D eigenvalue weighted by Crippen LogP contribution is 2.42. The third kappa shape index (κ3) is 1.95. The van der Waals surface area contributed by atoms with Crippen LogP contribution in [0.4, 0.5) is 0 Å². The van der Waals surface area contributed by atoms with Crippen molar-refractivity contribution in [3.63, 3.8) is 0 Å². The van der Waals surface area contributed by atoms with Gasteiger partial charge in [0, 0.05) is 10.3 Å². The van der Waals surface area contributed by atoms with Gasteiger partial charge in [-0.2, -0.15) is 11.8 Å². The molecular weight excluding hydrogens is 170 g/mol. The Labute approximate surface area is 78.9 Å². The van der Waals surface area contributed by atoms with Gasteiger partial charge in [-0.05, 0) is 39.4 Å². The van der Waals surface area contributed by atoms with E-state index in [0.717, 1.165) is 12.2 Å². The quantitative estimate of drug-likeness (QED) is 0.689. The molecule has 1 aliphatic rings. The van der Waals surface area contributed by atoms with E-state index in [4.69, 9.17) is 5.73 Å². The number of hydrogen-bond acceptors (Lipinski definition) is 3. The van der Waals surface area contributed by atoms with Crippen LogP contribution < -0.4 is 5.73 Å². The Morgan fingerprint density at radius 2 is 2.17 bits per heavy atom. The first-order valence-corrected chi connectivity index (χ1v) is 5.46. The van der Waals surface area contributed by atoms with Gasteiger partial charge in [0.1, 0.15) is 0 Å². The SMILES string of the molecule is CC(C)(N)C(O)C1(C)CCCS1. The van der Waals surface area contributed by atoms with Crippen molar-refractivity contribution in [2.75, 3.05) is 5.75 Å². The maximum absolute atomic E-state index is 10.00. The summed E-state index contributed by atoms with van der Waals surface area (Å²) in [4.78, 5) is 0. The molecule has 2 nitrogen and oxygen atoms in total. The summed E-state index contributed by atoms with van der Waals surface area (Å²) in [6.07, 6.45) is 1.88. The summed E-state index contributed by atoms with van der Waals surface area (Å²) >= 11 is 1.85. The van der Waals surface area contributed by atoms with Gasteiger partial charge in [-0.25, -0.2) is 0 Å². The fourth-order valence-corrected chi connectivity index (χ4v) is 3.31. The van der Waals surface area contributed by atoms with Gasteiger partial charge in [0.05, 0.1) is 6.10 Å². The number of rotatable bonds is 2. The van der Waals surface area contributed by atoms with E-state index in [-0.39, 0.29) is 4.75 Å². The van der Waals surface area contributed by atoms with E-state index in [0.29, 0.717) is 0 Å². The molecule has 0 amide bonds. The van der Waals surface area contributed by atoms with E-state index < -0.39 is 11.6 Å². The fraction of sp³-hybridized carbons (Fsp3) is 1.00. The summed E-state index contributed by atoms with van der Waals surface area (Å²) < 4.78 is -0.0156. The zero-order chi connectivity index (χ0) is 9.41. The monoisotopic (exact) mass is 189 g/mol. The fourth-order valence-electron chi connectivity index (χ4n) is 1.80. The van der Waals surface area contributed by atoms with Crippen molar-refractivity contribution in [3.8, 4) is 0 Å². The summed E-state index contributed by atoms with van der Waals surface area (Å²) in [5, 5.41) is 10.00. The number of aliphatic hydroxyl groups is 1. The molecule has 72 valence electrons. The molecule has 0 aromatic carbocycles. The van der Waals surface area contributed by atoms with Crippen molar-refractivity contribution in [3.05, 3.63) is 0 Å². The molecule has 1 saturated heterocycles. The topological polar surface area (TPSA) is 46.2 Å². The van der Waals surface area contributed by atoms with Crippen molar-refractivity contribution in [2.24, 2.45) is 5.73 Å². The zero-order valence-electron chi connectivity index (χ0n) is 8.13. The average molecular weight is 189 g/mol. The lowest BCUT2D eigenvalue weighted by molar-refractivity contribution is 0.0694. The summed E-state index contributed by atoms with van der Waals surface area (Å²) in [7, 11) is 0. The first-order valence-electron chi connectivity index (χ1n) is 4.47. The van der Waals surface area contributed by atoms with Crippen LogP contribution in [-0.2, 0) is 0 Å². The zero-order valence-corrected chi connectivity index (χ0v) is 8.95. The van der Waals surface area contributed by atoms with Gasteiger partial charge in [-0.3, -0.25) is 0 Å². The van der Waals surface area contributed by atoms with Gasteiger partial charge < -0.3 is 10.8 Å². The summed E-state index contributed by atoms with van der Waals surface area (Å²) in [5.74, 6) is 1.16. The minimum absolute atomic E-state index is 0.0156. The average Bonchev–Trinajstić information content (AvgIpc) is 2.34. The molecule has 1 fully saturated rings. The lowest BCUT2D eigenvalue weighted by Crippen LogP contribution is -2.54. The van der Waals surface area contributed by atoms with E-state index >= 15 is 0 Å². The number of thioether (sulfide) groups is 1. The lowest BCUT2D eigenvalue weighted by atomic mass is 9.86. The van der Waals surface area contributed by atoms with Crippen molar-refractivity contribution >= 4 is 11.8 Å². The highest BCUT2D eigenvalue weighted by atomic mass is 32.2. The Morgan fingerprint density at radius 3 is 2.50 bits per heavy atom. The Bertz CT molecular complexity index is 158. The van der Waals surface area contributed by atoms with Gasteiger partial charge in [-0.15, -0.1) is 0 Å². The number of aliphatic hydroxyl groups excluding tert-OH is 1. The normalized spacial score (nSPS) is 33.8. The minimum Gasteiger partial charge on any atom is -0.390 e. The second-order valence-electron chi connectivity index (χ2n) is 4.49. The molecule has 0 aliphatic carbocycles. The molecule has 3 heteroatoms. The molecular formula is C9H19NOS. The molecule has 0 radical (unpaired) electrons. The van der Waals surface area contributed by atoms with E-state index in [2.05, 4.69) is 6.92 Å². The first kappa shape index (κ1) is 10.4. The molecule has 0 saturated carbocycles. The smallest absolute Gasteiger partial charge is 0.0857 e. The second-order valence-corrected chi connectivity index (χ2v) is 6.12. The molecule has 0 aromatic rings. The Balaban J connectivity index is 2.68. The Hall–Kier alpha value is 0.270. The molecule has 3 N–H and O–H groups in total. The van der Waals surface area contributed by atoms with Crippen LogP contribution in [0.5, 0.6) is 0 Å².